The Morgan fingerprint density at radius 3 is 2.75 bits per heavy atom. The van der Waals surface area contributed by atoms with Gasteiger partial charge in [0.15, 0.2) is 5.13 Å². The van der Waals surface area contributed by atoms with Gasteiger partial charge in [0.05, 0.1) is 0 Å². The lowest BCUT2D eigenvalue weighted by Crippen LogP contribution is -2.40. The van der Waals surface area contributed by atoms with Crippen LogP contribution < -0.4 is 11.1 Å². The minimum absolute atomic E-state index is 0.00249. The molecule has 10 nitrogen and oxygen atoms in total. The molecular weight excluding hydrogens is 340 g/mol. The molecule has 1 amide bonds. The first kappa shape index (κ1) is 19.5. The number of carboxylic acids is 1. The molecule has 1 unspecified atom stereocenters. The first-order chi connectivity index (χ1) is 11.1. The average molecular weight is 358 g/mol. The van der Waals surface area contributed by atoms with E-state index in [4.69, 9.17) is 20.4 Å². The Morgan fingerprint density at radius 2 is 2.21 bits per heavy atom. The van der Waals surface area contributed by atoms with Crippen LogP contribution in [0.15, 0.2) is 10.5 Å². The smallest absolute Gasteiger partial charge is 0.360 e. The molecule has 0 fully saturated rings. The second-order valence-corrected chi connectivity index (χ2v) is 6.34. The first-order valence-electron chi connectivity index (χ1n) is 6.72. The topological polar surface area (TPSA) is 153 Å². The van der Waals surface area contributed by atoms with E-state index in [9.17, 15) is 14.4 Å². The normalized spacial score (nSPS) is 13.1. The van der Waals surface area contributed by atoms with Crippen LogP contribution in [0.5, 0.6) is 0 Å². The van der Waals surface area contributed by atoms with Crippen molar-refractivity contribution in [3.05, 3.63) is 11.1 Å². The third-order valence-electron chi connectivity index (χ3n) is 2.25. The lowest BCUT2D eigenvalue weighted by molar-refractivity contribution is -0.158. The summed E-state index contributed by atoms with van der Waals surface area (Å²) in [6.07, 6.45) is 0.413. The number of carbonyl (C=O) groups is 3. The van der Waals surface area contributed by atoms with E-state index in [1.165, 1.54) is 5.38 Å². The van der Waals surface area contributed by atoms with Crippen molar-refractivity contribution >= 4 is 40.5 Å². The molecule has 0 saturated heterocycles. The summed E-state index contributed by atoms with van der Waals surface area (Å²) in [6.45, 7) is 4.69. The maximum Gasteiger partial charge on any atom is 0.360 e. The number of amides is 1. The number of hydrogen-bond acceptors (Lipinski definition) is 9. The molecule has 1 aromatic heterocycles. The number of hydrogen-bond donors (Lipinski definition) is 3. The number of rotatable bonds is 8. The first-order valence-corrected chi connectivity index (χ1v) is 7.59. The third kappa shape index (κ3) is 6.30. The Morgan fingerprint density at radius 1 is 1.54 bits per heavy atom. The van der Waals surface area contributed by atoms with E-state index >= 15 is 0 Å². The standard InChI is InChI=1S/C13H18N4O6S/c1-13(2,3)23-11(21)7(14)4-22-17-9(10(19)20)8-5-24-12(16-8)15-6-18/h5-7H,4,14H2,1-3H3,(H,19,20)(H,15,16,18). The summed E-state index contributed by atoms with van der Waals surface area (Å²) < 4.78 is 5.06. The molecule has 0 spiro atoms. The maximum atomic E-state index is 11.7. The van der Waals surface area contributed by atoms with Crippen molar-refractivity contribution in [3.8, 4) is 0 Å². The van der Waals surface area contributed by atoms with Gasteiger partial charge in [-0.15, -0.1) is 11.3 Å². The number of carboxylic acid groups (broad SMARTS) is 1. The van der Waals surface area contributed by atoms with Crippen LogP contribution in [0.1, 0.15) is 26.5 Å². The second-order valence-electron chi connectivity index (χ2n) is 5.48. The molecule has 0 saturated carbocycles. The van der Waals surface area contributed by atoms with E-state index in [1.54, 1.807) is 20.8 Å². The number of aromatic nitrogens is 1. The number of carbonyl (C=O) groups excluding carboxylic acids is 2. The highest BCUT2D eigenvalue weighted by Gasteiger charge is 2.23. The lowest BCUT2D eigenvalue weighted by Gasteiger charge is -2.21. The fourth-order valence-corrected chi connectivity index (χ4v) is 1.98. The van der Waals surface area contributed by atoms with Gasteiger partial charge in [-0.1, -0.05) is 5.16 Å². The molecule has 1 rings (SSSR count). The van der Waals surface area contributed by atoms with E-state index in [-0.39, 0.29) is 17.4 Å². The van der Waals surface area contributed by atoms with Gasteiger partial charge < -0.3 is 25.7 Å². The Labute approximate surface area is 141 Å². The Balaban J connectivity index is 2.71. The fourth-order valence-electron chi connectivity index (χ4n) is 1.32. The SMILES string of the molecule is CC(C)(C)OC(=O)C(N)CON=C(C(=O)O)c1csc(NC=O)n1. The van der Waals surface area contributed by atoms with Gasteiger partial charge in [0, 0.05) is 5.38 Å². The highest BCUT2D eigenvalue weighted by atomic mass is 32.1. The van der Waals surface area contributed by atoms with Crippen molar-refractivity contribution in [2.24, 2.45) is 10.9 Å². The zero-order chi connectivity index (χ0) is 18.3. The van der Waals surface area contributed by atoms with Crippen LogP contribution in [-0.4, -0.2) is 52.4 Å². The number of ether oxygens (including phenoxy) is 1. The summed E-state index contributed by atoms with van der Waals surface area (Å²) in [7, 11) is 0. The van der Waals surface area contributed by atoms with Crippen LogP contribution in [0.2, 0.25) is 0 Å². The van der Waals surface area contributed by atoms with Crippen LogP contribution in [0, 0.1) is 0 Å². The van der Waals surface area contributed by atoms with Crippen molar-refractivity contribution in [1.82, 2.24) is 4.98 Å². The summed E-state index contributed by atoms with van der Waals surface area (Å²) in [6, 6.07) is -1.12. The number of nitrogens with two attached hydrogens (primary N) is 1. The third-order valence-corrected chi connectivity index (χ3v) is 3.02. The van der Waals surface area contributed by atoms with Crippen molar-refractivity contribution in [1.29, 1.82) is 0 Å². The second kappa shape index (κ2) is 8.36. The Bertz CT molecular complexity index is 637. The van der Waals surface area contributed by atoms with E-state index in [0.717, 1.165) is 11.3 Å². The highest BCUT2D eigenvalue weighted by Crippen LogP contribution is 2.15. The van der Waals surface area contributed by atoms with Gasteiger partial charge in [0.25, 0.3) is 0 Å². The van der Waals surface area contributed by atoms with Crippen molar-refractivity contribution in [2.45, 2.75) is 32.4 Å². The molecule has 132 valence electrons. The summed E-state index contributed by atoms with van der Waals surface area (Å²) in [5.74, 6) is -2.08. The van der Waals surface area contributed by atoms with Gasteiger partial charge in [-0.25, -0.2) is 9.78 Å². The van der Waals surface area contributed by atoms with Gasteiger partial charge in [-0.2, -0.15) is 0 Å². The summed E-state index contributed by atoms with van der Waals surface area (Å²) >= 11 is 1.02. The summed E-state index contributed by atoms with van der Waals surface area (Å²) in [5, 5.41) is 16.5. The Kier molecular flexibility index (Phi) is 6.80. The van der Waals surface area contributed by atoms with Gasteiger partial charge >= 0.3 is 11.9 Å². The number of nitrogens with zero attached hydrogens (tertiary/aromatic N) is 2. The van der Waals surface area contributed by atoms with E-state index in [2.05, 4.69) is 15.5 Å². The molecule has 11 heteroatoms. The van der Waals surface area contributed by atoms with E-state index < -0.39 is 29.3 Å². The van der Waals surface area contributed by atoms with Crippen LogP contribution >= 0.6 is 11.3 Å². The van der Waals surface area contributed by atoms with Gasteiger partial charge in [0.1, 0.15) is 23.9 Å². The predicted molar refractivity (Wildman–Crippen MR) is 85.7 cm³/mol. The molecule has 0 aromatic carbocycles. The molecule has 0 radical (unpaired) electrons. The number of aliphatic carboxylic acids is 1. The fraction of sp³-hybridized carbons (Fsp3) is 0.462. The largest absolute Gasteiger partial charge is 0.476 e. The van der Waals surface area contributed by atoms with Crippen molar-refractivity contribution in [2.75, 3.05) is 11.9 Å². The van der Waals surface area contributed by atoms with E-state index in [1.807, 2.05) is 0 Å². The molecule has 1 heterocycles. The number of thiazole rings is 1. The zero-order valence-electron chi connectivity index (χ0n) is 13.3. The highest BCUT2D eigenvalue weighted by molar-refractivity contribution is 7.14. The zero-order valence-corrected chi connectivity index (χ0v) is 14.1. The number of nitrogens with one attached hydrogen (secondary N) is 1. The molecule has 1 atom stereocenters. The quantitative estimate of drug-likeness (QED) is 0.257. The lowest BCUT2D eigenvalue weighted by atomic mass is 10.2. The maximum absolute atomic E-state index is 11.7. The molecular formula is C13H18N4O6S. The van der Waals surface area contributed by atoms with Gasteiger partial charge in [0.2, 0.25) is 12.1 Å². The minimum atomic E-state index is -1.39. The number of oxime groups is 1. The van der Waals surface area contributed by atoms with E-state index in [0.29, 0.717) is 6.41 Å². The monoisotopic (exact) mass is 358 g/mol. The predicted octanol–water partition coefficient (Wildman–Crippen LogP) is 0.186. The van der Waals surface area contributed by atoms with Crippen LogP contribution in [0.4, 0.5) is 5.13 Å². The number of esters is 1. The molecule has 24 heavy (non-hydrogen) atoms. The van der Waals surface area contributed by atoms with Crippen LogP contribution in [-0.2, 0) is 24.0 Å². The van der Waals surface area contributed by atoms with Crippen LogP contribution in [0.25, 0.3) is 0 Å². The average Bonchev–Trinajstić information content (AvgIpc) is 2.89. The van der Waals surface area contributed by atoms with Gasteiger partial charge in [-0.05, 0) is 20.8 Å². The summed E-state index contributed by atoms with van der Waals surface area (Å²) in [5.41, 5.74) is 4.41. The minimum Gasteiger partial charge on any atom is -0.476 e. The molecule has 4 N–H and O–H groups in total. The van der Waals surface area contributed by atoms with Crippen LogP contribution in [0.3, 0.4) is 0 Å². The van der Waals surface area contributed by atoms with Crippen molar-refractivity contribution in [3.63, 3.8) is 0 Å². The molecule has 0 bridgehead atoms. The van der Waals surface area contributed by atoms with Crippen molar-refractivity contribution < 1.29 is 29.1 Å². The summed E-state index contributed by atoms with van der Waals surface area (Å²) in [4.78, 5) is 41.9. The molecule has 0 aliphatic heterocycles. The molecule has 0 aliphatic carbocycles. The van der Waals surface area contributed by atoms with Gasteiger partial charge in [-0.3, -0.25) is 9.59 Å². The molecule has 1 aromatic rings. The number of anilines is 1. The molecule has 0 aliphatic rings. The Hall–Kier alpha value is -2.53.